The second-order valence-electron chi connectivity index (χ2n) is 5.98. The molecule has 1 aromatic carbocycles. The summed E-state index contributed by atoms with van der Waals surface area (Å²) in [5.74, 6) is 0.123. The number of halogens is 1. The highest BCUT2D eigenvalue weighted by atomic mass is 19.1. The van der Waals surface area contributed by atoms with Crippen LogP contribution in [0.5, 0.6) is 0 Å². The summed E-state index contributed by atoms with van der Waals surface area (Å²) in [4.78, 5) is 12.6. The van der Waals surface area contributed by atoms with Gasteiger partial charge in [0.2, 0.25) is 5.91 Å². The van der Waals surface area contributed by atoms with E-state index in [1.807, 2.05) is 6.92 Å². The van der Waals surface area contributed by atoms with Crippen LogP contribution in [0, 0.1) is 17.2 Å². The predicted octanol–water partition coefficient (Wildman–Crippen LogP) is 2.64. The molecule has 0 spiro atoms. The lowest BCUT2D eigenvalue weighted by Crippen LogP contribution is -2.46. The molecule has 20 heavy (non-hydrogen) atoms. The molecule has 0 radical (unpaired) electrons. The van der Waals surface area contributed by atoms with Gasteiger partial charge in [-0.25, -0.2) is 4.39 Å². The second kappa shape index (κ2) is 5.92. The molecular weight excluding hydrogens is 255 g/mol. The van der Waals surface area contributed by atoms with Crippen LogP contribution >= 0.6 is 0 Å². The Morgan fingerprint density at radius 1 is 1.30 bits per heavy atom. The van der Waals surface area contributed by atoms with Crippen LogP contribution in [0.15, 0.2) is 24.3 Å². The summed E-state index contributed by atoms with van der Waals surface area (Å²) in [5.41, 5.74) is 0.596. The number of carbonyl (C=O) groups excluding carboxylic acids is 1. The average Bonchev–Trinajstić information content (AvgIpc) is 2.90. The van der Waals surface area contributed by atoms with Crippen molar-refractivity contribution in [2.45, 2.75) is 33.2 Å². The highest BCUT2D eigenvalue weighted by Gasteiger charge is 2.44. The molecule has 2 rings (SSSR count). The smallest absolute Gasteiger partial charge is 0.228 e. The molecule has 4 heteroatoms. The quantitative estimate of drug-likeness (QED) is 0.889. The molecular formula is C16H23FN2O. The molecule has 0 aliphatic carbocycles. The SMILES string of the molecule is CC(NC(=O)C1(C(C)C)CCNC1)c1ccc(F)cc1. The van der Waals surface area contributed by atoms with Gasteiger partial charge in [-0.3, -0.25) is 4.79 Å². The van der Waals surface area contributed by atoms with Gasteiger partial charge in [-0.2, -0.15) is 0 Å². The van der Waals surface area contributed by atoms with Crippen LogP contribution in [0.3, 0.4) is 0 Å². The minimum atomic E-state index is -0.325. The van der Waals surface area contributed by atoms with Gasteiger partial charge in [-0.15, -0.1) is 0 Å². The average molecular weight is 278 g/mol. The van der Waals surface area contributed by atoms with Crippen LogP contribution in [-0.4, -0.2) is 19.0 Å². The summed E-state index contributed by atoms with van der Waals surface area (Å²) < 4.78 is 12.9. The first kappa shape index (κ1) is 15.0. The summed E-state index contributed by atoms with van der Waals surface area (Å²) in [6.45, 7) is 7.73. The van der Waals surface area contributed by atoms with Gasteiger partial charge in [0.05, 0.1) is 11.5 Å². The molecule has 1 fully saturated rings. The molecule has 2 N–H and O–H groups in total. The molecule has 3 nitrogen and oxygen atoms in total. The summed E-state index contributed by atoms with van der Waals surface area (Å²) in [5, 5.41) is 6.36. The minimum Gasteiger partial charge on any atom is -0.349 e. The van der Waals surface area contributed by atoms with Gasteiger partial charge in [0.1, 0.15) is 5.82 Å². The number of carbonyl (C=O) groups is 1. The third-order valence-corrected chi connectivity index (χ3v) is 4.46. The minimum absolute atomic E-state index is 0.0920. The number of benzene rings is 1. The molecule has 1 aliphatic rings. The molecule has 1 aliphatic heterocycles. The molecule has 110 valence electrons. The fraction of sp³-hybridized carbons (Fsp3) is 0.562. The van der Waals surface area contributed by atoms with Crippen molar-refractivity contribution in [1.82, 2.24) is 10.6 Å². The van der Waals surface area contributed by atoms with Crippen molar-refractivity contribution in [3.63, 3.8) is 0 Å². The predicted molar refractivity (Wildman–Crippen MR) is 77.7 cm³/mol. The van der Waals surface area contributed by atoms with E-state index >= 15 is 0 Å². The number of hydrogen-bond donors (Lipinski definition) is 2. The molecule has 0 saturated carbocycles. The van der Waals surface area contributed by atoms with Crippen molar-refractivity contribution in [3.8, 4) is 0 Å². The van der Waals surface area contributed by atoms with E-state index in [0.717, 1.165) is 25.1 Å². The zero-order valence-electron chi connectivity index (χ0n) is 12.4. The van der Waals surface area contributed by atoms with Crippen molar-refractivity contribution < 1.29 is 9.18 Å². The van der Waals surface area contributed by atoms with Crippen LogP contribution in [0.25, 0.3) is 0 Å². The normalized spacial score (nSPS) is 23.9. The van der Waals surface area contributed by atoms with Crippen molar-refractivity contribution in [1.29, 1.82) is 0 Å². The molecule has 0 aromatic heterocycles. The molecule has 1 aromatic rings. The van der Waals surface area contributed by atoms with Crippen LogP contribution in [0.2, 0.25) is 0 Å². The molecule has 2 unspecified atom stereocenters. The maximum absolute atomic E-state index is 12.9. The third kappa shape index (κ3) is 2.85. The van der Waals surface area contributed by atoms with E-state index < -0.39 is 0 Å². The fourth-order valence-electron chi connectivity index (χ4n) is 2.84. The van der Waals surface area contributed by atoms with Gasteiger partial charge in [0.25, 0.3) is 0 Å². The van der Waals surface area contributed by atoms with Gasteiger partial charge in [0, 0.05) is 6.54 Å². The Bertz CT molecular complexity index is 464. The van der Waals surface area contributed by atoms with E-state index in [9.17, 15) is 9.18 Å². The number of rotatable bonds is 4. The zero-order valence-corrected chi connectivity index (χ0v) is 12.4. The Hall–Kier alpha value is -1.42. The lowest BCUT2D eigenvalue weighted by molar-refractivity contribution is -0.133. The Kier molecular flexibility index (Phi) is 4.43. The first-order chi connectivity index (χ1) is 9.45. The maximum Gasteiger partial charge on any atom is 0.228 e. The van der Waals surface area contributed by atoms with Crippen LogP contribution in [0.1, 0.15) is 38.8 Å². The van der Waals surface area contributed by atoms with Gasteiger partial charge in [-0.1, -0.05) is 26.0 Å². The summed E-state index contributed by atoms with van der Waals surface area (Å²) in [7, 11) is 0. The largest absolute Gasteiger partial charge is 0.349 e. The Labute approximate surface area is 120 Å². The van der Waals surface area contributed by atoms with Gasteiger partial charge in [-0.05, 0) is 43.5 Å². The van der Waals surface area contributed by atoms with Crippen LogP contribution < -0.4 is 10.6 Å². The summed E-state index contributed by atoms with van der Waals surface area (Å²) in [6, 6.07) is 6.17. The first-order valence-electron chi connectivity index (χ1n) is 7.23. The van der Waals surface area contributed by atoms with Gasteiger partial charge in [0.15, 0.2) is 0 Å². The van der Waals surface area contributed by atoms with Crippen molar-refractivity contribution in [2.75, 3.05) is 13.1 Å². The number of amides is 1. The number of nitrogens with one attached hydrogen (secondary N) is 2. The monoisotopic (exact) mass is 278 g/mol. The van der Waals surface area contributed by atoms with Gasteiger partial charge >= 0.3 is 0 Å². The Balaban J connectivity index is 2.08. The van der Waals surface area contributed by atoms with E-state index in [0.29, 0.717) is 0 Å². The third-order valence-electron chi connectivity index (χ3n) is 4.46. The highest BCUT2D eigenvalue weighted by molar-refractivity contribution is 5.84. The Morgan fingerprint density at radius 2 is 1.95 bits per heavy atom. The highest BCUT2D eigenvalue weighted by Crippen LogP contribution is 2.35. The standard InChI is InChI=1S/C16H23FN2O/c1-11(2)16(8-9-18-10-16)15(20)19-12(3)13-4-6-14(17)7-5-13/h4-7,11-12,18H,8-10H2,1-3H3,(H,19,20). The van der Waals surface area contributed by atoms with Crippen molar-refractivity contribution in [2.24, 2.45) is 11.3 Å². The van der Waals surface area contributed by atoms with Crippen molar-refractivity contribution in [3.05, 3.63) is 35.6 Å². The lowest BCUT2D eigenvalue weighted by Gasteiger charge is -2.32. The molecule has 0 bridgehead atoms. The second-order valence-corrected chi connectivity index (χ2v) is 5.98. The molecule has 1 heterocycles. The van der Waals surface area contributed by atoms with Gasteiger partial charge < -0.3 is 10.6 Å². The Morgan fingerprint density at radius 3 is 2.45 bits per heavy atom. The summed E-state index contributed by atoms with van der Waals surface area (Å²) in [6.07, 6.45) is 0.868. The van der Waals surface area contributed by atoms with Crippen LogP contribution in [0.4, 0.5) is 4.39 Å². The van der Waals surface area contributed by atoms with E-state index in [-0.39, 0.29) is 29.1 Å². The molecule has 2 atom stereocenters. The fourth-order valence-corrected chi connectivity index (χ4v) is 2.84. The number of hydrogen-bond acceptors (Lipinski definition) is 2. The van der Waals surface area contributed by atoms with E-state index in [2.05, 4.69) is 24.5 Å². The first-order valence-corrected chi connectivity index (χ1v) is 7.23. The maximum atomic E-state index is 12.9. The van der Waals surface area contributed by atoms with Crippen molar-refractivity contribution >= 4 is 5.91 Å². The molecule has 1 saturated heterocycles. The van der Waals surface area contributed by atoms with E-state index in [1.54, 1.807) is 12.1 Å². The topological polar surface area (TPSA) is 41.1 Å². The lowest BCUT2D eigenvalue weighted by atomic mass is 9.75. The molecule has 1 amide bonds. The summed E-state index contributed by atoms with van der Waals surface area (Å²) >= 11 is 0. The van der Waals surface area contributed by atoms with Crippen LogP contribution in [-0.2, 0) is 4.79 Å². The van der Waals surface area contributed by atoms with E-state index in [4.69, 9.17) is 0 Å². The zero-order chi connectivity index (χ0) is 14.8. The van der Waals surface area contributed by atoms with E-state index in [1.165, 1.54) is 12.1 Å².